The second-order valence-electron chi connectivity index (χ2n) is 3.06. The first-order chi connectivity index (χ1) is 8.02. The molecule has 2 N–H and O–H groups in total. The van der Waals surface area contributed by atoms with Crippen LogP contribution in [0.5, 0.6) is 11.5 Å². The second-order valence-corrected chi connectivity index (χ2v) is 3.06. The Kier molecular flexibility index (Phi) is 3.92. The van der Waals surface area contributed by atoms with E-state index in [2.05, 4.69) is 0 Å². The first-order valence-corrected chi connectivity index (χ1v) is 4.83. The Morgan fingerprint density at radius 2 is 1.88 bits per heavy atom. The van der Waals surface area contributed by atoms with E-state index in [-0.39, 0.29) is 23.7 Å². The Morgan fingerprint density at radius 3 is 2.29 bits per heavy atom. The van der Waals surface area contributed by atoms with Crippen LogP contribution in [0.25, 0.3) is 0 Å². The maximum absolute atomic E-state index is 11.1. The van der Waals surface area contributed by atoms with Gasteiger partial charge in [0.25, 0.3) is 0 Å². The van der Waals surface area contributed by atoms with Crippen molar-refractivity contribution >= 4 is 11.9 Å². The van der Waals surface area contributed by atoms with Gasteiger partial charge in [-0.2, -0.15) is 0 Å². The van der Waals surface area contributed by atoms with Gasteiger partial charge in [-0.1, -0.05) is 0 Å². The number of carboxylic acids is 2. The van der Waals surface area contributed by atoms with Gasteiger partial charge in [0.05, 0.1) is 19.3 Å². The third kappa shape index (κ3) is 2.47. The number of benzene rings is 1. The monoisotopic (exact) mass is 240 g/mol. The predicted octanol–water partition coefficient (Wildman–Crippen LogP) is 1.49. The molecule has 1 rings (SSSR count). The molecular weight excluding hydrogens is 228 g/mol. The van der Waals surface area contributed by atoms with Crippen molar-refractivity contribution in [2.24, 2.45) is 0 Å². The second kappa shape index (κ2) is 5.20. The number of carboxylic acid groups (broad SMARTS) is 2. The van der Waals surface area contributed by atoms with Gasteiger partial charge < -0.3 is 19.7 Å². The number of rotatable bonds is 5. The molecule has 0 saturated carbocycles. The van der Waals surface area contributed by atoms with E-state index < -0.39 is 17.5 Å². The molecule has 1 aromatic carbocycles. The summed E-state index contributed by atoms with van der Waals surface area (Å²) >= 11 is 0. The number of ether oxygens (including phenoxy) is 2. The molecule has 0 atom stereocenters. The molecule has 0 aromatic heterocycles. The average Bonchev–Trinajstić information content (AvgIpc) is 2.28. The summed E-state index contributed by atoms with van der Waals surface area (Å²) in [6, 6.07) is 2.54. The first kappa shape index (κ1) is 12.8. The van der Waals surface area contributed by atoms with Crippen LogP contribution in [0, 0.1) is 0 Å². The summed E-state index contributed by atoms with van der Waals surface area (Å²) in [5, 5.41) is 18.0. The fourth-order valence-corrected chi connectivity index (χ4v) is 1.40. The molecule has 6 nitrogen and oxygen atoms in total. The van der Waals surface area contributed by atoms with E-state index in [1.807, 2.05) is 0 Å². The van der Waals surface area contributed by atoms with Crippen molar-refractivity contribution in [3.05, 3.63) is 23.3 Å². The molecule has 0 unspecified atom stereocenters. The van der Waals surface area contributed by atoms with E-state index >= 15 is 0 Å². The standard InChI is InChI=1S/C11H12O6/c1-3-17-9-7(16-2)5-4-6(10(12)13)8(9)11(14)15/h4-5H,3H2,1-2H3,(H,12,13)(H,14,15). The van der Waals surface area contributed by atoms with E-state index in [1.54, 1.807) is 6.92 Å². The van der Waals surface area contributed by atoms with E-state index in [4.69, 9.17) is 19.7 Å². The Hall–Kier alpha value is -2.24. The lowest BCUT2D eigenvalue weighted by Gasteiger charge is -2.13. The summed E-state index contributed by atoms with van der Waals surface area (Å²) in [5.41, 5.74) is -0.736. The maximum atomic E-state index is 11.1. The summed E-state index contributed by atoms with van der Waals surface area (Å²) in [6.45, 7) is 1.87. The summed E-state index contributed by atoms with van der Waals surface area (Å²) < 4.78 is 10.1. The van der Waals surface area contributed by atoms with Crippen LogP contribution in [-0.2, 0) is 0 Å². The molecule has 0 amide bonds. The Bertz CT molecular complexity index is 452. The molecule has 0 heterocycles. The molecule has 17 heavy (non-hydrogen) atoms. The minimum Gasteiger partial charge on any atom is -0.493 e. The molecule has 0 aliphatic rings. The summed E-state index contributed by atoms with van der Waals surface area (Å²) in [4.78, 5) is 22.0. The van der Waals surface area contributed by atoms with Crippen molar-refractivity contribution in [3.63, 3.8) is 0 Å². The van der Waals surface area contributed by atoms with Crippen molar-refractivity contribution in [2.45, 2.75) is 6.92 Å². The van der Waals surface area contributed by atoms with Gasteiger partial charge >= 0.3 is 11.9 Å². The molecule has 0 radical (unpaired) electrons. The van der Waals surface area contributed by atoms with Crippen LogP contribution < -0.4 is 9.47 Å². The molecule has 0 fully saturated rings. The minimum atomic E-state index is -1.37. The highest BCUT2D eigenvalue weighted by molar-refractivity contribution is 6.04. The van der Waals surface area contributed by atoms with Crippen molar-refractivity contribution < 1.29 is 29.3 Å². The van der Waals surface area contributed by atoms with Crippen molar-refractivity contribution in [1.82, 2.24) is 0 Å². The summed E-state index contributed by atoms with van der Waals surface area (Å²) in [6.07, 6.45) is 0. The molecular formula is C11H12O6. The van der Waals surface area contributed by atoms with Gasteiger partial charge in [0, 0.05) is 0 Å². The lowest BCUT2D eigenvalue weighted by Crippen LogP contribution is -2.11. The van der Waals surface area contributed by atoms with Gasteiger partial charge in [-0.05, 0) is 19.1 Å². The van der Waals surface area contributed by atoms with Gasteiger partial charge in [0.15, 0.2) is 11.5 Å². The van der Waals surface area contributed by atoms with Crippen molar-refractivity contribution in [2.75, 3.05) is 13.7 Å². The zero-order valence-corrected chi connectivity index (χ0v) is 9.39. The fourth-order valence-electron chi connectivity index (χ4n) is 1.40. The predicted molar refractivity (Wildman–Crippen MR) is 58.1 cm³/mol. The van der Waals surface area contributed by atoms with Crippen molar-refractivity contribution in [1.29, 1.82) is 0 Å². The van der Waals surface area contributed by atoms with Gasteiger partial charge in [-0.3, -0.25) is 0 Å². The smallest absolute Gasteiger partial charge is 0.340 e. The van der Waals surface area contributed by atoms with Crippen LogP contribution >= 0.6 is 0 Å². The Morgan fingerprint density at radius 1 is 1.24 bits per heavy atom. The molecule has 1 aromatic rings. The molecule has 0 spiro atoms. The molecule has 92 valence electrons. The largest absolute Gasteiger partial charge is 0.493 e. The Balaban J connectivity index is 3.52. The van der Waals surface area contributed by atoms with Crippen LogP contribution in [0.15, 0.2) is 12.1 Å². The quantitative estimate of drug-likeness (QED) is 0.809. The van der Waals surface area contributed by atoms with Crippen LogP contribution in [-0.4, -0.2) is 35.9 Å². The molecule has 0 bridgehead atoms. The zero-order chi connectivity index (χ0) is 13.0. The third-order valence-corrected chi connectivity index (χ3v) is 2.07. The van der Waals surface area contributed by atoms with Crippen LogP contribution in [0.3, 0.4) is 0 Å². The SMILES string of the molecule is CCOc1c(OC)ccc(C(=O)O)c1C(=O)O. The van der Waals surface area contributed by atoms with Crippen LogP contribution in [0.2, 0.25) is 0 Å². The topological polar surface area (TPSA) is 93.1 Å². The highest BCUT2D eigenvalue weighted by atomic mass is 16.5. The lowest BCUT2D eigenvalue weighted by molar-refractivity contribution is 0.0647. The average molecular weight is 240 g/mol. The van der Waals surface area contributed by atoms with Crippen LogP contribution in [0.4, 0.5) is 0 Å². The lowest BCUT2D eigenvalue weighted by atomic mass is 10.1. The number of methoxy groups -OCH3 is 1. The number of hydrogen-bond donors (Lipinski definition) is 2. The van der Waals surface area contributed by atoms with E-state index in [1.165, 1.54) is 19.2 Å². The van der Waals surface area contributed by atoms with E-state index in [0.29, 0.717) is 0 Å². The van der Waals surface area contributed by atoms with E-state index in [9.17, 15) is 9.59 Å². The van der Waals surface area contributed by atoms with Gasteiger partial charge in [-0.25, -0.2) is 9.59 Å². The van der Waals surface area contributed by atoms with Crippen molar-refractivity contribution in [3.8, 4) is 11.5 Å². The number of carbonyl (C=O) groups is 2. The molecule has 0 aliphatic carbocycles. The normalized spacial score (nSPS) is 9.76. The first-order valence-electron chi connectivity index (χ1n) is 4.83. The van der Waals surface area contributed by atoms with Gasteiger partial charge in [-0.15, -0.1) is 0 Å². The van der Waals surface area contributed by atoms with E-state index in [0.717, 1.165) is 0 Å². The maximum Gasteiger partial charge on any atom is 0.340 e. The summed E-state index contributed by atoms with van der Waals surface area (Å²) in [5.74, 6) is -2.58. The summed E-state index contributed by atoms with van der Waals surface area (Å²) in [7, 11) is 1.35. The fraction of sp³-hybridized carbons (Fsp3) is 0.273. The molecule has 6 heteroatoms. The van der Waals surface area contributed by atoms with Gasteiger partial charge in [0.1, 0.15) is 5.56 Å². The molecule has 0 saturated heterocycles. The zero-order valence-electron chi connectivity index (χ0n) is 9.39. The van der Waals surface area contributed by atoms with Gasteiger partial charge in [0.2, 0.25) is 0 Å². The van der Waals surface area contributed by atoms with Crippen LogP contribution in [0.1, 0.15) is 27.6 Å². The molecule has 0 aliphatic heterocycles. The highest BCUT2D eigenvalue weighted by Gasteiger charge is 2.24. The number of aromatic carboxylic acids is 2. The Labute approximate surface area is 97.4 Å². The third-order valence-electron chi connectivity index (χ3n) is 2.07. The highest BCUT2D eigenvalue weighted by Crippen LogP contribution is 2.33. The minimum absolute atomic E-state index is 0.0672. The number of hydrogen-bond acceptors (Lipinski definition) is 4.